The highest BCUT2D eigenvalue weighted by atomic mass is 35.5. The van der Waals surface area contributed by atoms with Crippen LogP contribution in [0.1, 0.15) is 38.4 Å². The predicted molar refractivity (Wildman–Crippen MR) is 93.1 cm³/mol. The highest BCUT2D eigenvalue weighted by molar-refractivity contribution is 6.30. The summed E-state index contributed by atoms with van der Waals surface area (Å²) < 4.78 is 11.4. The average Bonchev–Trinajstić information content (AvgIpc) is 2.76. The second-order valence-electron chi connectivity index (χ2n) is 7.09. The van der Waals surface area contributed by atoms with Gasteiger partial charge in [-0.2, -0.15) is 0 Å². The average molecular weight is 367 g/mol. The molecular formula is C18H23ClN2O4. The molecule has 7 heteroatoms. The highest BCUT2D eigenvalue weighted by Gasteiger charge is 2.52. The number of hydrogen-bond acceptors (Lipinski definition) is 4. The third kappa shape index (κ3) is 3.52. The zero-order chi connectivity index (χ0) is 18.2. The molecule has 0 bridgehead atoms. The number of nitrogens with one attached hydrogen (secondary N) is 1. The Balaban J connectivity index is 1.79. The molecule has 2 amide bonds. The molecule has 2 saturated heterocycles. The van der Waals surface area contributed by atoms with Crippen molar-refractivity contribution in [1.82, 2.24) is 10.2 Å². The fourth-order valence-corrected chi connectivity index (χ4v) is 3.73. The lowest BCUT2D eigenvalue weighted by Gasteiger charge is -2.41. The largest absolute Gasteiger partial charge is 0.367 e. The van der Waals surface area contributed by atoms with Crippen LogP contribution in [0, 0.1) is 0 Å². The van der Waals surface area contributed by atoms with Crippen LogP contribution in [-0.2, 0) is 19.1 Å². The fraction of sp³-hybridized carbons (Fsp3) is 0.556. The van der Waals surface area contributed by atoms with Crippen molar-refractivity contribution in [3.63, 3.8) is 0 Å². The van der Waals surface area contributed by atoms with Crippen LogP contribution in [-0.4, -0.2) is 48.2 Å². The lowest BCUT2D eigenvalue weighted by atomic mass is 10.00. The molecule has 25 heavy (non-hydrogen) atoms. The van der Waals surface area contributed by atoms with Crippen LogP contribution >= 0.6 is 11.6 Å². The molecule has 0 aromatic heterocycles. The summed E-state index contributed by atoms with van der Waals surface area (Å²) in [5.74, 6) is -0.314. The lowest BCUT2D eigenvalue weighted by Crippen LogP contribution is -2.57. The number of amides is 2. The van der Waals surface area contributed by atoms with E-state index in [-0.39, 0.29) is 11.8 Å². The lowest BCUT2D eigenvalue weighted by molar-refractivity contribution is -0.160. The second-order valence-corrected chi connectivity index (χ2v) is 7.53. The van der Waals surface area contributed by atoms with Crippen molar-refractivity contribution in [2.75, 3.05) is 20.2 Å². The number of ether oxygens (including phenoxy) is 2. The maximum atomic E-state index is 13.0. The maximum absolute atomic E-state index is 13.0. The molecule has 1 N–H and O–H groups in total. The van der Waals surface area contributed by atoms with Crippen LogP contribution in [0.3, 0.4) is 0 Å². The Morgan fingerprint density at radius 2 is 2.20 bits per heavy atom. The number of carbonyl (C=O) groups excluding carboxylic acids is 2. The molecule has 6 nitrogen and oxygen atoms in total. The first-order chi connectivity index (χ1) is 11.8. The van der Waals surface area contributed by atoms with Gasteiger partial charge in [0.25, 0.3) is 11.8 Å². The SMILES string of the molecule is COC(C(=O)N1CCCC2(C1)NC(=O)C(C)(C)O2)c1cccc(Cl)c1. The molecule has 3 rings (SSSR count). The molecule has 0 aliphatic carbocycles. The molecule has 1 aromatic carbocycles. The number of rotatable bonds is 3. The van der Waals surface area contributed by atoms with E-state index in [9.17, 15) is 9.59 Å². The van der Waals surface area contributed by atoms with Crippen LogP contribution < -0.4 is 5.32 Å². The normalized spacial score (nSPS) is 26.6. The van der Waals surface area contributed by atoms with Gasteiger partial charge in [0.05, 0.1) is 6.54 Å². The molecule has 1 spiro atoms. The molecule has 0 saturated carbocycles. The molecule has 1 aromatic rings. The molecule has 2 aliphatic rings. The van der Waals surface area contributed by atoms with Gasteiger partial charge in [-0.3, -0.25) is 9.59 Å². The summed E-state index contributed by atoms with van der Waals surface area (Å²) in [6.45, 7) is 4.38. The van der Waals surface area contributed by atoms with E-state index < -0.39 is 17.4 Å². The van der Waals surface area contributed by atoms with Gasteiger partial charge in [0.15, 0.2) is 11.8 Å². The van der Waals surface area contributed by atoms with Crippen LogP contribution in [0.25, 0.3) is 0 Å². The van der Waals surface area contributed by atoms with Gasteiger partial charge < -0.3 is 19.7 Å². The van der Waals surface area contributed by atoms with Crippen molar-refractivity contribution in [2.45, 2.75) is 44.1 Å². The highest BCUT2D eigenvalue weighted by Crippen LogP contribution is 2.35. The summed E-state index contributed by atoms with van der Waals surface area (Å²) in [7, 11) is 1.50. The topological polar surface area (TPSA) is 67.9 Å². The van der Waals surface area contributed by atoms with E-state index in [0.29, 0.717) is 30.1 Å². The number of benzene rings is 1. The minimum atomic E-state index is -0.889. The number of methoxy groups -OCH3 is 1. The van der Waals surface area contributed by atoms with Crippen LogP contribution in [0.5, 0.6) is 0 Å². The molecule has 2 aliphatic heterocycles. The molecule has 2 atom stereocenters. The third-order valence-electron chi connectivity index (χ3n) is 4.72. The van der Waals surface area contributed by atoms with E-state index in [4.69, 9.17) is 21.1 Å². The van der Waals surface area contributed by atoms with E-state index in [0.717, 1.165) is 6.42 Å². The quantitative estimate of drug-likeness (QED) is 0.891. The summed E-state index contributed by atoms with van der Waals surface area (Å²) in [5.41, 5.74) is -1.00. The Morgan fingerprint density at radius 3 is 2.80 bits per heavy atom. The van der Waals surface area contributed by atoms with Crippen molar-refractivity contribution in [3.8, 4) is 0 Å². The first-order valence-corrected chi connectivity index (χ1v) is 8.74. The van der Waals surface area contributed by atoms with Gasteiger partial charge in [-0.1, -0.05) is 23.7 Å². The summed E-state index contributed by atoms with van der Waals surface area (Å²) in [6, 6.07) is 7.08. The van der Waals surface area contributed by atoms with E-state index >= 15 is 0 Å². The first-order valence-electron chi connectivity index (χ1n) is 8.36. The standard InChI is InChI=1S/C18H23ClN2O4/c1-17(2)16(23)20-18(25-17)8-5-9-21(11-18)15(22)14(24-3)12-6-4-7-13(19)10-12/h4,6-7,10,14H,5,8-9,11H2,1-3H3,(H,20,23). The van der Waals surface area contributed by atoms with Crippen molar-refractivity contribution < 1.29 is 19.1 Å². The Labute approximate surface area is 152 Å². The van der Waals surface area contributed by atoms with Crippen LogP contribution in [0.4, 0.5) is 0 Å². The van der Waals surface area contributed by atoms with Crippen LogP contribution in [0.2, 0.25) is 5.02 Å². The number of nitrogens with zero attached hydrogens (tertiary/aromatic N) is 1. The Kier molecular flexibility index (Phi) is 4.79. The zero-order valence-electron chi connectivity index (χ0n) is 14.7. The van der Waals surface area contributed by atoms with Gasteiger partial charge in [-0.15, -0.1) is 0 Å². The number of carbonyl (C=O) groups is 2. The summed E-state index contributed by atoms with van der Waals surface area (Å²) in [5, 5.41) is 3.48. The van der Waals surface area contributed by atoms with Gasteiger partial charge in [0.2, 0.25) is 0 Å². The van der Waals surface area contributed by atoms with E-state index in [1.54, 1.807) is 36.9 Å². The zero-order valence-corrected chi connectivity index (χ0v) is 15.4. The minimum Gasteiger partial charge on any atom is -0.367 e. The number of hydrogen-bond donors (Lipinski definition) is 1. The number of halogens is 1. The summed E-state index contributed by atoms with van der Waals surface area (Å²) in [6.07, 6.45) is 0.688. The maximum Gasteiger partial charge on any atom is 0.256 e. The Morgan fingerprint density at radius 1 is 1.44 bits per heavy atom. The van der Waals surface area contributed by atoms with Crippen molar-refractivity contribution in [2.24, 2.45) is 0 Å². The third-order valence-corrected chi connectivity index (χ3v) is 4.95. The van der Waals surface area contributed by atoms with E-state index in [1.807, 2.05) is 6.07 Å². The molecule has 2 fully saturated rings. The molecule has 136 valence electrons. The smallest absolute Gasteiger partial charge is 0.256 e. The fourth-order valence-electron chi connectivity index (χ4n) is 3.53. The van der Waals surface area contributed by atoms with Crippen molar-refractivity contribution in [3.05, 3.63) is 34.9 Å². The van der Waals surface area contributed by atoms with Gasteiger partial charge in [-0.05, 0) is 44.4 Å². The molecular weight excluding hydrogens is 344 g/mol. The van der Waals surface area contributed by atoms with E-state index in [1.165, 1.54) is 7.11 Å². The van der Waals surface area contributed by atoms with Gasteiger partial charge in [0, 0.05) is 18.7 Å². The molecule has 2 heterocycles. The minimum absolute atomic E-state index is 0.153. The Bertz CT molecular complexity index is 693. The van der Waals surface area contributed by atoms with Crippen molar-refractivity contribution >= 4 is 23.4 Å². The second kappa shape index (κ2) is 6.59. The number of piperidine rings is 1. The van der Waals surface area contributed by atoms with Gasteiger partial charge >= 0.3 is 0 Å². The Hall–Kier alpha value is -1.63. The molecule has 0 radical (unpaired) electrons. The van der Waals surface area contributed by atoms with Gasteiger partial charge in [-0.25, -0.2) is 0 Å². The number of likely N-dealkylation sites (tertiary alicyclic amines) is 1. The van der Waals surface area contributed by atoms with E-state index in [2.05, 4.69) is 5.32 Å². The summed E-state index contributed by atoms with van der Waals surface area (Å²) in [4.78, 5) is 26.8. The van der Waals surface area contributed by atoms with Crippen LogP contribution in [0.15, 0.2) is 24.3 Å². The molecule has 2 unspecified atom stereocenters. The van der Waals surface area contributed by atoms with Gasteiger partial charge in [0.1, 0.15) is 5.60 Å². The first kappa shape index (κ1) is 18.2. The monoisotopic (exact) mass is 366 g/mol. The summed E-state index contributed by atoms with van der Waals surface area (Å²) >= 11 is 6.03. The predicted octanol–water partition coefficient (Wildman–Crippen LogP) is 2.27. The van der Waals surface area contributed by atoms with Crippen molar-refractivity contribution in [1.29, 1.82) is 0 Å².